The highest BCUT2D eigenvalue weighted by Gasteiger charge is 2.16. The summed E-state index contributed by atoms with van der Waals surface area (Å²) in [5, 5.41) is 7.03. The lowest BCUT2D eigenvalue weighted by molar-refractivity contribution is 0.139. The topological polar surface area (TPSA) is 46.1 Å². The lowest BCUT2D eigenvalue weighted by atomic mass is 10.1. The van der Waals surface area contributed by atoms with Gasteiger partial charge in [-0.15, -0.1) is 0 Å². The molecular weight excluding hydrogens is 348 g/mol. The van der Waals surface area contributed by atoms with Gasteiger partial charge in [-0.3, -0.25) is 9.89 Å². The van der Waals surface area contributed by atoms with Crippen molar-refractivity contribution in [3.05, 3.63) is 29.8 Å². The molecule has 2 aliphatic heterocycles. The minimum atomic E-state index is 0.224. The summed E-state index contributed by atoms with van der Waals surface area (Å²) in [6.07, 6.45) is 2.62. The molecule has 0 radical (unpaired) electrons. The summed E-state index contributed by atoms with van der Waals surface area (Å²) in [5.74, 6) is 0.881. The van der Waals surface area contributed by atoms with E-state index in [0.717, 1.165) is 19.0 Å². The fourth-order valence-corrected chi connectivity index (χ4v) is 4.11. The second kappa shape index (κ2) is 10.7. The van der Waals surface area contributed by atoms with Crippen LogP contribution in [0.2, 0.25) is 0 Å². The van der Waals surface area contributed by atoms with Crippen LogP contribution < -0.4 is 15.5 Å². The van der Waals surface area contributed by atoms with Crippen molar-refractivity contribution in [2.75, 3.05) is 70.9 Å². The molecule has 28 heavy (non-hydrogen) atoms. The quantitative estimate of drug-likeness (QED) is 0.555. The first-order valence-electron chi connectivity index (χ1n) is 11.0. The number of piperazine rings is 1. The highest BCUT2D eigenvalue weighted by molar-refractivity contribution is 5.80. The molecule has 0 aromatic heterocycles. The van der Waals surface area contributed by atoms with E-state index in [1.54, 1.807) is 0 Å². The zero-order chi connectivity index (χ0) is 19.8. The number of nitrogens with one attached hydrogen (secondary N) is 2. The molecule has 1 aromatic carbocycles. The number of likely N-dealkylation sites (N-methyl/N-ethyl adjacent to an activating group) is 1. The van der Waals surface area contributed by atoms with Crippen LogP contribution in [0.4, 0.5) is 5.69 Å². The zero-order valence-corrected chi connectivity index (χ0v) is 18.0. The monoisotopic (exact) mass is 386 g/mol. The van der Waals surface area contributed by atoms with Gasteiger partial charge in [-0.2, -0.15) is 0 Å². The fraction of sp³-hybridized carbons (Fsp3) is 0.682. The Labute approximate surface area is 171 Å². The molecule has 3 rings (SSSR count). The van der Waals surface area contributed by atoms with Gasteiger partial charge in [-0.25, -0.2) is 0 Å². The SMILES string of the molecule is CCN1CCN(CCNC(=NC)NC(C)c2cccc(N3CCCC3)c2)CC1. The van der Waals surface area contributed by atoms with E-state index in [4.69, 9.17) is 0 Å². The minimum Gasteiger partial charge on any atom is -0.372 e. The molecule has 2 saturated heterocycles. The number of nitrogens with zero attached hydrogens (tertiary/aromatic N) is 4. The first-order valence-corrected chi connectivity index (χ1v) is 11.0. The average molecular weight is 387 g/mol. The number of aliphatic imine (C=N–C) groups is 1. The Morgan fingerprint density at radius 2 is 1.79 bits per heavy atom. The molecule has 156 valence electrons. The van der Waals surface area contributed by atoms with Crippen LogP contribution in [0, 0.1) is 0 Å². The number of guanidine groups is 1. The molecule has 1 atom stereocenters. The predicted molar refractivity (Wildman–Crippen MR) is 119 cm³/mol. The molecule has 2 heterocycles. The van der Waals surface area contributed by atoms with Crippen molar-refractivity contribution in [1.29, 1.82) is 0 Å². The maximum Gasteiger partial charge on any atom is 0.191 e. The Kier molecular flexibility index (Phi) is 7.98. The Hall–Kier alpha value is -1.79. The molecule has 1 unspecified atom stereocenters. The molecular formula is C22H38N6. The number of benzene rings is 1. The molecule has 6 heteroatoms. The molecule has 2 fully saturated rings. The van der Waals surface area contributed by atoms with Gasteiger partial charge in [-0.05, 0) is 44.0 Å². The van der Waals surface area contributed by atoms with Gasteiger partial charge in [0.25, 0.3) is 0 Å². The van der Waals surface area contributed by atoms with Gasteiger partial charge in [0.15, 0.2) is 5.96 Å². The third-order valence-corrected chi connectivity index (χ3v) is 6.05. The van der Waals surface area contributed by atoms with Gasteiger partial charge in [0, 0.05) is 65.1 Å². The Balaban J connectivity index is 1.44. The summed E-state index contributed by atoms with van der Waals surface area (Å²) in [6, 6.07) is 9.16. The summed E-state index contributed by atoms with van der Waals surface area (Å²) in [5.41, 5.74) is 2.65. The summed E-state index contributed by atoms with van der Waals surface area (Å²) < 4.78 is 0. The summed E-state index contributed by atoms with van der Waals surface area (Å²) in [7, 11) is 1.85. The van der Waals surface area contributed by atoms with E-state index >= 15 is 0 Å². The van der Waals surface area contributed by atoms with Crippen molar-refractivity contribution in [3.8, 4) is 0 Å². The van der Waals surface area contributed by atoms with Crippen LogP contribution in [0.15, 0.2) is 29.3 Å². The second-order valence-electron chi connectivity index (χ2n) is 7.93. The van der Waals surface area contributed by atoms with Crippen molar-refractivity contribution < 1.29 is 0 Å². The lowest BCUT2D eigenvalue weighted by Crippen LogP contribution is -2.49. The third-order valence-electron chi connectivity index (χ3n) is 6.05. The molecule has 6 nitrogen and oxygen atoms in total. The normalized spacial score (nSPS) is 20.4. The van der Waals surface area contributed by atoms with Gasteiger partial charge < -0.3 is 20.4 Å². The molecule has 0 amide bonds. The lowest BCUT2D eigenvalue weighted by Gasteiger charge is -2.34. The number of hydrogen-bond acceptors (Lipinski definition) is 4. The van der Waals surface area contributed by atoms with Gasteiger partial charge >= 0.3 is 0 Å². The van der Waals surface area contributed by atoms with E-state index < -0.39 is 0 Å². The Morgan fingerprint density at radius 3 is 2.46 bits per heavy atom. The van der Waals surface area contributed by atoms with Crippen LogP contribution in [0.25, 0.3) is 0 Å². The molecule has 0 aliphatic carbocycles. The molecule has 0 spiro atoms. The predicted octanol–water partition coefficient (Wildman–Crippen LogP) is 2.15. The Morgan fingerprint density at radius 1 is 1.07 bits per heavy atom. The van der Waals surface area contributed by atoms with Crippen LogP contribution in [0.3, 0.4) is 0 Å². The molecule has 0 bridgehead atoms. The number of hydrogen-bond donors (Lipinski definition) is 2. The van der Waals surface area contributed by atoms with Gasteiger partial charge in [0.1, 0.15) is 0 Å². The highest BCUT2D eigenvalue weighted by atomic mass is 15.3. The standard InChI is InChI=1S/C22H38N6/c1-4-26-14-16-27(17-15-26)13-10-24-22(23-3)25-19(2)20-8-7-9-21(18-20)28-11-5-6-12-28/h7-9,18-19H,4-6,10-17H2,1-3H3,(H2,23,24,25). The number of rotatable bonds is 7. The van der Waals surface area contributed by atoms with Crippen molar-refractivity contribution >= 4 is 11.6 Å². The van der Waals surface area contributed by atoms with Crippen molar-refractivity contribution in [3.63, 3.8) is 0 Å². The molecule has 2 aliphatic rings. The zero-order valence-electron chi connectivity index (χ0n) is 18.0. The average Bonchev–Trinajstić information content (AvgIpc) is 3.28. The van der Waals surface area contributed by atoms with Crippen LogP contribution in [0.1, 0.15) is 38.3 Å². The van der Waals surface area contributed by atoms with Gasteiger partial charge in [0.2, 0.25) is 0 Å². The Bertz CT molecular complexity index is 617. The van der Waals surface area contributed by atoms with E-state index in [1.165, 1.54) is 69.9 Å². The van der Waals surface area contributed by atoms with E-state index in [1.807, 2.05) is 7.05 Å². The first kappa shape index (κ1) is 20.9. The van der Waals surface area contributed by atoms with E-state index in [9.17, 15) is 0 Å². The van der Waals surface area contributed by atoms with E-state index in [-0.39, 0.29) is 6.04 Å². The maximum atomic E-state index is 4.42. The molecule has 0 saturated carbocycles. The largest absolute Gasteiger partial charge is 0.372 e. The smallest absolute Gasteiger partial charge is 0.191 e. The van der Waals surface area contributed by atoms with E-state index in [2.05, 4.69) is 68.4 Å². The van der Waals surface area contributed by atoms with Crippen LogP contribution in [-0.4, -0.2) is 81.7 Å². The van der Waals surface area contributed by atoms with Gasteiger partial charge in [0.05, 0.1) is 6.04 Å². The first-order chi connectivity index (χ1) is 13.7. The number of anilines is 1. The van der Waals surface area contributed by atoms with E-state index in [0.29, 0.717) is 0 Å². The maximum absolute atomic E-state index is 4.42. The fourth-order valence-electron chi connectivity index (χ4n) is 4.11. The third kappa shape index (κ3) is 5.85. The van der Waals surface area contributed by atoms with Crippen LogP contribution in [0.5, 0.6) is 0 Å². The van der Waals surface area contributed by atoms with Crippen LogP contribution >= 0.6 is 0 Å². The highest BCUT2D eigenvalue weighted by Crippen LogP contribution is 2.23. The summed E-state index contributed by atoms with van der Waals surface area (Å²) in [4.78, 5) is 12.0. The second-order valence-corrected chi connectivity index (χ2v) is 7.93. The van der Waals surface area contributed by atoms with Gasteiger partial charge in [-0.1, -0.05) is 19.1 Å². The van der Waals surface area contributed by atoms with Crippen molar-refractivity contribution in [2.45, 2.75) is 32.7 Å². The van der Waals surface area contributed by atoms with Crippen LogP contribution in [-0.2, 0) is 0 Å². The van der Waals surface area contributed by atoms with Crippen molar-refractivity contribution in [1.82, 2.24) is 20.4 Å². The minimum absolute atomic E-state index is 0.224. The molecule has 2 N–H and O–H groups in total. The summed E-state index contributed by atoms with van der Waals surface area (Å²) in [6.45, 7) is 14.7. The summed E-state index contributed by atoms with van der Waals surface area (Å²) >= 11 is 0. The molecule has 1 aromatic rings. The van der Waals surface area contributed by atoms with Crippen molar-refractivity contribution in [2.24, 2.45) is 4.99 Å².